The second kappa shape index (κ2) is 17.1. The molecule has 0 heterocycles. The first-order valence-electron chi connectivity index (χ1n) is 9.81. The molecule has 0 saturated carbocycles. The van der Waals surface area contributed by atoms with Gasteiger partial charge in [-0.05, 0) is 5.92 Å². The first-order valence-corrected chi connectivity index (χ1v) is 9.81. The van der Waals surface area contributed by atoms with Gasteiger partial charge in [0.15, 0.2) is 0 Å². The average molecular weight is 283 g/mol. The Morgan fingerprint density at radius 3 is 1.10 bits per heavy atom. The average Bonchev–Trinajstić information content (AvgIpc) is 2.45. The summed E-state index contributed by atoms with van der Waals surface area (Å²) in [6.07, 6.45) is 23.3. The highest BCUT2D eigenvalue weighted by Gasteiger charge is 2.02. The molecular formula is C20H42. The van der Waals surface area contributed by atoms with Crippen molar-refractivity contribution in [3.05, 3.63) is 0 Å². The molecule has 0 spiro atoms. The Bertz CT molecular complexity index is 143. The molecule has 0 heteroatoms. The van der Waals surface area contributed by atoms with Crippen LogP contribution in [0.2, 0.25) is 0 Å². The highest BCUT2D eigenvalue weighted by atomic mass is 14.1. The van der Waals surface area contributed by atoms with Gasteiger partial charge in [0.1, 0.15) is 0 Å². The molecule has 0 fully saturated rings. The lowest BCUT2D eigenvalue weighted by molar-refractivity contribution is 0.431. The second-order valence-corrected chi connectivity index (χ2v) is 6.93. The van der Waals surface area contributed by atoms with E-state index in [1.807, 2.05) is 0 Å². The summed E-state index contributed by atoms with van der Waals surface area (Å²) >= 11 is 0. The van der Waals surface area contributed by atoms with Crippen LogP contribution in [0.3, 0.4) is 0 Å². The van der Waals surface area contributed by atoms with Gasteiger partial charge in [-0.25, -0.2) is 0 Å². The molecule has 0 saturated heterocycles. The zero-order valence-electron chi connectivity index (χ0n) is 14.9. The van der Waals surface area contributed by atoms with Crippen LogP contribution in [0.4, 0.5) is 0 Å². The number of unbranched alkanes of at least 4 members (excludes halogenated alkanes) is 12. The Kier molecular flexibility index (Phi) is 17.1. The van der Waals surface area contributed by atoms with Gasteiger partial charge in [0.2, 0.25) is 0 Å². The molecule has 0 atom stereocenters. The lowest BCUT2D eigenvalue weighted by Crippen LogP contribution is -1.95. The Morgan fingerprint density at radius 2 is 0.750 bits per heavy atom. The lowest BCUT2D eigenvalue weighted by Gasteiger charge is -2.11. The monoisotopic (exact) mass is 282 g/mol. The van der Waals surface area contributed by atoms with Crippen LogP contribution in [-0.2, 0) is 0 Å². The maximum Gasteiger partial charge on any atom is -0.0443 e. The van der Waals surface area contributed by atoms with Crippen molar-refractivity contribution in [3.8, 4) is 0 Å². The normalized spacial score (nSPS) is 11.4. The zero-order chi connectivity index (χ0) is 14.9. The van der Waals surface area contributed by atoms with Crippen LogP contribution < -0.4 is 0 Å². The zero-order valence-corrected chi connectivity index (χ0v) is 14.9. The molecule has 20 heavy (non-hydrogen) atoms. The maximum atomic E-state index is 2.47. The van der Waals surface area contributed by atoms with E-state index < -0.39 is 0 Å². The van der Waals surface area contributed by atoms with E-state index in [1.54, 1.807) is 0 Å². The largest absolute Gasteiger partial charge is 0.0654 e. The van der Waals surface area contributed by atoms with Gasteiger partial charge in [-0.1, -0.05) is 124 Å². The standard InChI is InChI=1S/C20H42/c1-4-6-8-10-12-14-16-18-20(3)19-17-15-13-11-9-7-5-2/h20H,4-19H2,1-3H3. The van der Waals surface area contributed by atoms with E-state index in [9.17, 15) is 0 Å². The molecule has 0 nitrogen and oxygen atoms in total. The van der Waals surface area contributed by atoms with E-state index in [2.05, 4.69) is 20.8 Å². The highest BCUT2D eigenvalue weighted by Crippen LogP contribution is 2.18. The molecule has 0 N–H and O–H groups in total. The minimum Gasteiger partial charge on any atom is -0.0654 e. The molecule has 0 amide bonds. The van der Waals surface area contributed by atoms with Crippen molar-refractivity contribution in [1.29, 1.82) is 0 Å². The van der Waals surface area contributed by atoms with E-state index >= 15 is 0 Å². The summed E-state index contributed by atoms with van der Waals surface area (Å²) in [5.41, 5.74) is 0. The number of hydrogen-bond donors (Lipinski definition) is 0. The van der Waals surface area contributed by atoms with Crippen LogP contribution in [-0.4, -0.2) is 0 Å². The van der Waals surface area contributed by atoms with Crippen molar-refractivity contribution >= 4 is 0 Å². The van der Waals surface area contributed by atoms with Crippen molar-refractivity contribution in [2.24, 2.45) is 5.92 Å². The summed E-state index contributed by atoms with van der Waals surface area (Å²) in [4.78, 5) is 0. The number of rotatable bonds is 16. The number of hydrogen-bond acceptors (Lipinski definition) is 0. The molecular weight excluding hydrogens is 240 g/mol. The Balaban J connectivity index is 3.11. The summed E-state index contributed by atoms with van der Waals surface area (Å²) in [6, 6.07) is 0. The Morgan fingerprint density at radius 1 is 0.450 bits per heavy atom. The van der Waals surface area contributed by atoms with E-state index in [1.165, 1.54) is 103 Å². The summed E-state index contributed by atoms with van der Waals surface area (Å²) in [6.45, 7) is 7.06. The fraction of sp³-hybridized carbons (Fsp3) is 1.00. The predicted octanol–water partition coefficient (Wildman–Crippen LogP) is 7.90. The third kappa shape index (κ3) is 16.1. The molecule has 0 aromatic heterocycles. The second-order valence-electron chi connectivity index (χ2n) is 6.93. The van der Waals surface area contributed by atoms with E-state index in [-0.39, 0.29) is 0 Å². The third-order valence-corrected chi connectivity index (χ3v) is 4.60. The van der Waals surface area contributed by atoms with Gasteiger partial charge in [-0.3, -0.25) is 0 Å². The van der Waals surface area contributed by atoms with Gasteiger partial charge < -0.3 is 0 Å². The molecule has 0 radical (unpaired) electrons. The summed E-state index contributed by atoms with van der Waals surface area (Å²) in [7, 11) is 0. The molecule has 0 aliphatic heterocycles. The predicted molar refractivity (Wildman–Crippen MR) is 94.4 cm³/mol. The van der Waals surface area contributed by atoms with Gasteiger partial charge in [-0.2, -0.15) is 0 Å². The van der Waals surface area contributed by atoms with E-state index in [0.717, 1.165) is 5.92 Å². The minimum atomic E-state index is 0.973. The fourth-order valence-electron chi connectivity index (χ4n) is 3.04. The van der Waals surface area contributed by atoms with E-state index in [0.29, 0.717) is 0 Å². The van der Waals surface area contributed by atoms with Crippen molar-refractivity contribution in [3.63, 3.8) is 0 Å². The summed E-state index contributed by atoms with van der Waals surface area (Å²) < 4.78 is 0. The Hall–Kier alpha value is 0. The van der Waals surface area contributed by atoms with Gasteiger partial charge in [-0.15, -0.1) is 0 Å². The Labute approximate surface area is 130 Å². The first kappa shape index (κ1) is 20.0. The molecule has 122 valence electrons. The molecule has 0 aliphatic rings. The quantitative estimate of drug-likeness (QED) is 0.252. The summed E-state index contributed by atoms with van der Waals surface area (Å²) in [5, 5.41) is 0. The van der Waals surface area contributed by atoms with Crippen molar-refractivity contribution in [2.75, 3.05) is 0 Å². The SMILES string of the molecule is CCCCCCCCCC(C)CCCCCCCCC. The maximum absolute atomic E-state index is 2.47. The van der Waals surface area contributed by atoms with Crippen LogP contribution in [0.15, 0.2) is 0 Å². The molecule has 0 bridgehead atoms. The highest BCUT2D eigenvalue weighted by molar-refractivity contribution is 4.55. The molecule has 0 rings (SSSR count). The molecule has 0 unspecified atom stereocenters. The van der Waals surface area contributed by atoms with Crippen LogP contribution >= 0.6 is 0 Å². The minimum absolute atomic E-state index is 0.973. The van der Waals surface area contributed by atoms with E-state index in [4.69, 9.17) is 0 Å². The topological polar surface area (TPSA) is 0 Å². The van der Waals surface area contributed by atoms with Crippen molar-refractivity contribution in [2.45, 2.75) is 124 Å². The smallest absolute Gasteiger partial charge is 0.0443 e. The van der Waals surface area contributed by atoms with Crippen molar-refractivity contribution < 1.29 is 0 Å². The van der Waals surface area contributed by atoms with Crippen LogP contribution in [0, 0.1) is 5.92 Å². The van der Waals surface area contributed by atoms with Gasteiger partial charge in [0, 0.05) is 0 Å². The molecule has 0 aromatic carbocycles. The van der Waals surface area contributed by atoms with Crippen LogP contribution in [0.1, 0.15) is 124 Å². The fourth-order valence-corrected chi connectivity index (χ4v) is 3.04. The lowest BCUT2D eigenvalue weighted by atomic mass is 9.96. The van der Waals surface area contributed by atoms with Gasteiger partial charge >= 0.3 is 0 Å². The van der Waals surface area contributed by atoms with Crippen LogP contribution in [0.5, 0.6) is 0 Å². The van der Waals surface area contributed by atoms with Gasteiger partial charge in [0.05, 0.1) is 0 Å². The van der Waals surface area contributed by atoms with Crippen molar-refractivity contribution in [1.82, 2.24) is 0 Å². The molecule has 0 aliphatic carbocycles. The summed E-state index contributed by atoms with van der Waals surface area (Å²) in [5.74, 6) is 0.973. The third-order valence-electron chi connectivity index (χ3n) is 4.60. The van der Waals surface area contributed by atoms with Crippen LogP contribution in [0.25, 0.3) is 0 Å². The first-order chi connectivity index (χ1) is 9.81. The molecule has 0 aromatic rings. The van der Waals surface area contributed by atoms with Gasteiger partial charge in [0.25, 0.3) is 0 Å².